The summed E-state index contributed by atoms with van der Waals surface area (Å²) in [6, 6.07) is 11.0. The highest BCUT2D eigenvalue weighted by Crippen LogP contribution is 2.25. The molecule has 114 valence electrons. The van der Waals surface area contributed by atoms with Crippen molar-refractivity contribution in [1.82, 2.24) is 4.98 Å². The maximum atomic E-state index is 5.78. The minimum Gasteiger partial charge on any atom is -0.357 e. The molecule has 1 unspecified atom stereocenters. The average Bonchev–Trinajstić information content (AvgIpc) is 2.51. The Morgan fingerprint density at radius 2 is 2.10 bits per heavy atom. The molecule has 0 aliphatic rings. The summed E-state index contributed by atoms with van der Waals surface area (Å²) in [6.45, 7) is 2.92. The second kappa shape index (κ2) is 7.66. The molecule has 1 aromatic heterocycles. The zero-order valence-electron chi connectivity index (χ0n) is 13.2. The van der Waals surface area contributed by atoms with Gasteiger partial charge in [0.25, 0.3) is 0 Å². The monoisotopic (exact) mass is 303 g/mol. The molecule has 21 heavy (non-hydrogen) atoms. The number of nitrogens with zero attached hydrogens (tertiary/aromatic N) is 2. The molecule has 2 N–H and O–H groups in total. The van der Waals surface area contributed by atoms with E-state index in [1.54, 1.807) is 0 Å². The van der Waals surface area contributed by atoms with Crippen LogP contribution in [-0.4, -0.2) is 36.6 Å². The lowest BCUT2D eigenvalue weighted by atomic mass is 10.1. The highest BCUT2D eigenvalue weighted by molar-refractivity contribution is 7.98. The molecule has 2 aromatic rings. The van der Waals surface area contributed by atoms with Gasteiger partial charge in [-0.3, -0.25) is 0 Å². The van der Waals surface area contributed by atoms with E-state index in [2.05, 4.69) is 49.4 Å². The molecule has 0 saturated carbocycles. The van der Waals surface area contributed by atoms with E-state index in [4.69, 9.17) is 10.7 Å². The number of pyridine rings is 1. The van der Waals surface area contributed by atoms with E-state index in [9.17, 15) is 0 Å². The van der Waals surface area contributed by atoms with E-state index in [0.29, 0.717) is 12.6 Å². The zero-order valence-corrected chi connectivity index (χ0v) is 14.0. The summed E-state index contributed by atoms with van der Waals surface area (Å²) in [4.78, 5) is 7.19. The van der Waals surface area contributed by atoms with Crippen LogP contribution in [0.4, 0.5) is 5.82 Å². The minimum absolute atomic E-state index is 0.475. The normalized spacial score (nSPS) is 12.6. The van der Waals surface area contributed by atoms with Gasteiger partial charge in [0.1, 0.15) is 5.82 Å². The minimum atomic E-state index is 0.475. The Bertz CT molecular complexity index is 585. The predicted octanol–water partition coefficient (Wildman–Crippen LogP) is 3.31. The van der Waals surface area contributed by atoms with Crippen molar-refractivity contribution in [2.75, 3.05) is 30.5 Å². The third-order valence-electron chi connectivity index (χ3n) is 3.93. The van der Waals surface area contributed by atoms with Gasteiger partial charge in [0.05, 0.1) is 5.52 Å². The van der Waals surface area contributed by atoms with E-state index in [0.717, 1.165) is 24.2 Å². The fourth-order valence-electron chi connectivity index (χ4n) is 2.49. The molecule has 1 atom stereocenters. The quantitative estimate of drug-likeness (QED) is 0.852. The molecule has 0 spiro atoms. The number of nitrogens with two attached hydrogens (primary N) is 1. The number of anilines is 1. The first-order valence-corrected chi connectivity index (χ1v) is 8.87. The zero-order chi connectivity index (χ0) is 15.2. The summed E-state index contributed by atoms with van der Waals surface area (Å²) in [5, 5.41) is 1.19. The standard InChI is InChI=1S/C17H25N3S/c1-13(9-11-21-3)20(2)17-15(8-10-18)12-14-6-4-5-7-16(14)19-17/h4-7,12-13H,8-11,18H2,1-3H3. The van der Waals surface area contributed by atoms with Gasteiger partial charge in [-0.25, -0.2) is 4.98 Å². The molecule has 3 nitrogen and oxygen atoms in total. The van der Waals surface area contributed by atoms with Gasteiger partial charge in [0.15, 0.2) is 0 Å². The lowest BCUT2D eigenvalue weighted by Gasteiger charge is -2.28. The molecule has 4 heteroatoms. The highest BCUT2D eigenvalue weighted by Gasteiger charge is 2.15. The van der Waals surface area contributed by atoms with Crippen molar-refractivity contribution in [3.05, 3.63) is 35.9 Å². The second-order valence-corrected chi connectivity index (χ2v) is 6.43. The number of benzene rings is 1. The Kier molecular flexibility index (Phi) is 5.88. The SMILES string of the molecule is CSCCC(C)N(C)c1nc2ccccc2cc1CCN. The van der Waals surface area contributed by atoms with Crippen molar-refractivity contribution in [3.63, 3.8) is 0 Å². The number of fused-ring (bicyclic) bond motifs is 1. The maximum absolute atomic E-state index is 5.78. The summed E-state index contributed by atoms with van der Waals surface area (Å²) in [5.74, 6) is 2.25. The van der Waals surface area contributed by atoms with Crippen LogP contribution in [0.2, 0.25) is 0 Å². The van der Waals surface area contributed by atoms with E-state index < -0.39 is 0 Å². The molecule has 0 aliphatic carbocycles. The number of hydrogen-bond donors (Lipinski definition) is 1. The van der Waals surface area contributed by atoms with E-state index >= 15 is 0 Å². The van der Waals surface area contributed by atoms with Gasteiger partial charge in [-0.05, 0) is 56.0 Å². The summed E-state index contributed by atoms with van der Waals surface area (Å²) in [6.07, 6.45) is 4.18. The van der Waals surface area contributed by atoms with Crippen LogP contribution in [0, 0.1) is 0 Å². The Balaban J connectivity index is 2.37. The fraction of sp³-hybridized carbons (Fsp3) is 0.471. The molecule has 2 rings (SSSR count). The van der Waals surface area contributed by atoms with Gasteiger partial charge in [-0.2, -0.15) is 11.8 Å². The third kappa shape index (κ3) is 3.89. The number of rotatable bonds is 7. The van der Waals surface area contributed by atoms with Crippen LogP contribution < -0.4 is 10.6 Å². The number of thioether (sulfide) groups is 1. The molecule has 0 aliphatic heterocycles. The van der Waals surface area contributed by atoms with Crippen LogP contribution in [0.3, 0.4) is 0 Å². The molecule has 0 saturated heterocycles. The summed E-state index contributed by atoms with van der Waals surface area (Å²) >= 11 is 1.89. The summed E-state index contributed by atoms with van der Waals surface area (Å²) in [5.41, 5.74) is 8.08. The van der Waals surface area contributed by atoms with Crippen LogP contribution >= 0.6 is 11.8 Å². The second-order valence-electron chi connectivity index (χ2n) is 5.44. The first-order chi connectivity index (χ1) is 10.2. The Morgan fingerprint density at radius 3 is 2.81 bits per heavy atom. The highest BCUT2D eigenvalue weighted by atomic mass is 32.2. The third-order valence-corrected chi connectivity index (χ3v) is 4.57. The average molecular weight is 303 g/mol. The summed E-state index contributed by atoms with van der Waals surface area (Å²) in [7, 11) is 2.14. The van der Waals surface area contributed by atoms with E-state index in [1.165, 1.54) is 16.7 Å². The number of para-hydroxylation sites is 1. The predicted molar refractivity (Wildman–Crippen MR) is 95.4 cm³/mol. The first kappa shape index (κ1) is 16.1. The van der Waals surface area contributed by atoms with Crippen LogP contribution in [0.5, 0.6) is 0 Å². The Labute approximate surface area is 131 Å². The van der Waals surface area contributed by atoms with Crippen LogP contribution in [0.1, 0.15) is 18.9 Å². The number of aromatic nitrogens is 1. The maximum Gasteiger partial charge on any atom is 0.132 e. The van der Waals surface area contributed by atoms with Gasteiger partial charge in [-0.1, -0.05) is 18.2 Å². The molecular weight excluding hydrogens is 278 g/mol. The van der Waals surface area contributed by atoms with Crippen molar-refractivity contribution in [1.29, 1.82) is 0 Å². The van der Waals surface area contributed by atoms with Crippen molar-refractivity contribution >= 4 is 28.5 Å². The van der Waals surface area contributed by atoms with Crippen LogP contribution in [0.15, 0.2) is 30.3 Å². The molecule has 0 amide bonds. The Morgan fingerprint density at radius 1 is 1.33 bits per heavy atom. The van der Waals surface area contributed by atoms with Gasteiger partial charge in [0.2, 0.25) is 0 Å². The van der Waals surface area contributed by atoms with Gasteiger partial charge >= 0.3 is 0 Å². The molecule has 0 bridgehead atoms. The van der Waals surface area contributed by atoms with E-state index in [-0.39, 0.29) is 0 Å². The topological polar surface area (TPSA) is 42.2 Å². The molecule has 0 radical (unpaired) electrons. The lowest BCUT2D eigenvalue weighted by molar-refractivity contribution is 0.659. The molecule has 1 heterocycles. The van der Waals surface area contributed by atoms with Crippen molar-refractivity contribution in [2.45, 2.75) is 25.8 Å². The van der Waals surface area contributed by atoms with Crippen LogP contribution in [-0.2, 0) is 6.42 Å². The molecule has 1 aromatic carbocycles. The number of hydrogen-bond acceptors (Lipinski definition) is 4. The lowest BCUT2D eigenvalue weighted by Crippen LogP contribution is -2.31. The fourth-order valence-corrected chi connectivity index (χ4v) is 3.06. The Hall–Kier alpha value is -1.26. The van der Waals surface area contributed by atoms with Gasteiger partial charge in [0, 0.05) is 18.5 Å². The van der Waals surface area contributed by atoms with Crippen molar-refractivity contribution in [3.8, 4) is 0 Å². The van der Waals surface area contributed by atoms with Gasteiger partial charge in [-0.15, -0.1) is 0 Å². The molecule has 0 fully saturated rings. The smallest absolute Gasteiger partial charge is 0.132 e. The van der Waals surface area contributed by atoms with Crippen molar-refractivity contribution in [2.24, 2.45) is 5.73 Å². The first-order valence-electron chi connectivity index (χ1n) is 7.48. The van der Waals surface area contributed by atoms with Gasteiger partial charge < -0.3 is 10.6 Å². The van der Waals surface area contributed by atoms with E-state index in [1.807, 2.05) is 17.8 Å². The molecular formula is C17H25N3S. The van der Waals surface area contributed by atoms with Crippen LogP contribution in [0.25, 0.3) is 10.9 Å². The van der Waals surface area contributed by atoms with Crippen molar-refractivity contribution < 1.29 is 0 Å². The largest absolute Gasteiger partial charge is 0.357 e. The summed E-state index contributed by atoms with van der Waals surface area (Å²) < 4.78 is 0.